The summed E-state index contributed by atoms with van der Waals surface area (Å²) in [7, 11) is 1.41. The molecule has 2 atom stereocenters. The fourth-order valence-corrected chi connectivity index (χ4v) is 3.12. The molecular weight excluding hydrogens is 354 g/mol. The summed E-state index contributed by atoms with van der Waals surface area (Å²) in [5.41, 5.74) is 0.800. The highest BCUT2D eigenvalue weighted by atomic mass is 16.5. The number of H-pyrrole nitrogens is 1. The first kappa shape index (κ1) is 18.7. The zero-order valence-corrected chi connectivity index (χ0v) is 14.8. The van der Waals surface area contributed by atoms with E-state index in [1.807, 2.05) is 0 Å². The molecule has 2 aromatic rings. The van der Waals surface area contributed by atoms with Crippen LogP contribution < -0.4 is 14.8 Å². The molecule has 3 rings (SSSR count). The molecule has 1 aliphatic carbocycles. The number of aliphatic hydroxyl groups excluding tert-OH is 1. The number of nitrogens with zero attached hydrogens (tertiary/aromatic N) is 1. The maximum Gasteiger partial charge on any atom is 0.263 e. The van der Waals surface area contributed by atoms with Crippen molar-refractivity contribution in [2.45, 2.75) is 31.3 Å². The highest BCUT2D eigenvalue weighted by Gasteiger charge is 2.25. The van der Waals surface area contributed by atoms with Gasteiger partial charge in [0.15, 0.2) is 18.7 Å². The SMILES string of the molecule is COc1cc(O)c(C=O)c(OCC(=O)Nc2cc([C@H]3CC[C@@H](O)C3)[nH]n2)c1. The van der Waals surface area contributed by atoms with Crippen LogP contribution in [-0.4, -0.2) is 52.4 Å². The number of amides is 1. The third kappa shape index (κ3) is 4.37. The van der Waals surface area contributed by atoms with Gasteiger partial charge in [-0.3, -0.25) is 14.7 Å². The lowest BCUT2D eigenvalue weighted by molar-refractivity contribution is -0.118. The van der Waals surface area contributed by atoms with Gasteiger partial charge in [0, 0.05) is 29.8 Å². The standard InChI is InChI=1S/C18H21N3O6/c1-26-12-5-15(24)13(8-22)16(6-12)27-9-18(25)19-17-7-14(20-21-17)10-2-3-11(23)4-10/h5-8,10-11,23-24H,2-4,9H2,1H3,(H2,19,20,21,25)/t10-,11+/m0/s1. The molecule has 0 saturated heterocycles. The maximum atomic E-state index is 12.1. The van der Waals surface area contributed by atoms with Crippen molar-refractivity contribution in [1.82, 2.24) is 10.2 Å². The molecule has 0 spiro atoms. The Morgan fingerprint density at radius 2 is 2.22 bits per heavy atom. The quantitative estimate of drug-likeness (QED) is 0.540. The Bertz CT molecular complexity index is 834. The summed E-state index contributed by atoms with van der Waals surface area (Å²) in [5, 5.41) is 28.9. The molecule has 9 nitrogen and oxygen atoms in total. The predicted octanol–water partition coefficient (Wildman–Crippen LogP) is 1.58. The molecule has 1 aliphatic rings. The van der Waals surface area contributed by atoms with E-state index < -0.39 is 5.91 Å². The van der Waals surface area contributed by atoms with Gasteiger partial charge in [-0.15, -0.1) is 0 Å². The Labute approximate surface area is 155 Å². The largest absolute Gasteiger partial charge is 0.507 e. The van der Waals surface area contributed by atoms with Crippen molar-refractivity contribution in [2.75, 3.05) is 19.0 Å². The summed E-state index contributed by atoms with van der Waals surface area (Å²) in [6, 6.07) is 4.42. The van der Waals surface area contributed by atoms with E-state index in [9.17, 15) is 19.8 Å². The van der Waals surface area contributed by atoms with E-state index in [4.69, 9.17) is 9.47 Å². The average Bonchev–Trinajstić information content (AvgIpc) is 3.28. The van der Waals surface area contributed by atoms with E-state index >= 15 is 0 Å². The number of methoxy groups -OCH3 is 1. The molecule has 9 heteroatoms. The summed E-state index contributed by atoms with van der Waals surface area (Å²) in [6.45, 7) is -0.377. The van der Waals surface area contributed by atoms with Crippen molar-refractivity contribution >= 4 is 18.0 Å². The number of rotatable bonds is 7. The number of aromatic amines is 1. The lowest BCUT2D eigenvalue weighted by Gasteiger charge is -2.11. The van der Waals surface area contributed by atoms with Crippen LogP contribution in [0.15, 0.2) is 18.2 Å². The van der Waals surface area contributed by atoms with Crippen LogP contribution in [0.4, 0.5) is 5.82 Å². The van der Waals surface area contributed by atoms with E-state index in [2.05, 4.69) is 15.5 Å². The normalized spacial score (nSPS) is 18.9. The monoisotopic (exact) mass is 375 g/mol. The number of aromatic hydroxyl groups is 1. The number of ether oxygens (including phenoxy) is 2. The number of phenols is 1. The summed E-state index contributed by atoms with van der Waals surface area (Å²) in [4.78, 5) is 23.2. The number of carbonyl (C=O) groups is 2. The first-order valence-electron chi connectivity index (χ1n) is 8.52. The van der Waals surface area contributed by atoms with Gasteiger partial charge in [-0.05, 0) is 19.3 Å². The zero-order valence-electron chi connectivity index (χ0n) is 14.8. The van der Waals surface area contributed by atoms with Gasteiger partial charge in [0.1, 0.15) is 17.2 Å². The van der Waals surface area contributed by atoms with Crippen LogP contribution in [0, 0.1) is 0 Å². The van der Waals surface area contributed by atoms with Crippen molar-refractivity contribution in [3.05, 3.63) is 29.5 Å². The number of aldehydes is 1. The van der Waals surface area contributed by atoms with Gasteiger partial charge in [0.2, 0.25) is 0 Å². The molecule has 4 N–H and O–H groups in total. The fraction of sp³-hybridized carbons (Fsp3) is 0.389. The third-order valence-corrected chi connectivity index (χ3v) is 4.52. The summed E-state index contributed by atoms with van der Waals surface area (Å²) < 4.78 is 10.4. The van der Waals surface area contributed by atoms with Gasteiger partial charge in [0.25, 0.3) is 5.91 Å². The second-order valence-corrected chi connectivity index (χ2v) is 6.39. The van der Waals surface area contributed by atoms with Crippen molar-refractivity contribution < 1.29 is 29.3 Å². The van der Waals surface area contributed by atoms with Crippen molar-refractivity contribution in [1.29, 1.82) is 0 Å². The van der Waals surface area contributed by atoms with Gasteiger partial charge in [0.05, 0.1) is 18.8 Å². The number of hydrogen-bond donors (Lipinski definition) is 4. The second-order valence-electron chi connectivity index (χ2n) is 6.39. The second kappa shape index (κ2) is 8.09. The number of anilines is 1. The van der Waals surface area contributed by atoms with Gasteiger partial charge in [-0.25, -0.2) is 0 Å². The van der Waals surface area contributed by atoms with Gasteiger partial charge in [-0.1, -0.05) is 0 Å². The Morgan fingerprint density at radius 3 is 2.89 bits per heavy atom. The number of aromatic nitrogens is 2. The number of carbonyl (C=O) groups excluding carboxylic acids is 2. The Balaban J connectivity index is 1.60. The van der Waals surface area contributed by atoms with E-state index in [1.54, 1.807) is 6.07 Å². The van der Waals surface area contributed by atoms with Gasteiger partial charge in [-0.2, -0.15) is 5.10 Å². The van der Waals surface area contributed by atoms with Crippen LogP contribution in [0.25, 0.3) is 0 Å². The predicted molar refractivity (Wildman–Crippen MR) is 95.4 cm³/mol. The number of aliphatic hydroxyl groups is 1. The number of hydrogen-bond acceptors (Lipinski definition) is 7. The minimum Gasteiger partial charge on any atom is -0.507 e. The van der Waals surface area contributed by atoms with Crippen LogP contribution in [0.3, 0.4) is 0 Å². The first-order chi connectivity index (χ1) is 13.0. The molecule has 0 unspecified atom stereocenters. The van der Waals surface area contributed by atoms with Crippen LogP contribution in [0.1, 0.15) is 41.2 Å². The van der Waals surface area contributed by atoms with E-state index in [-0.39, 0.29) is 35.7 Å². The number of benzene rings is 1. The minimum absolute atomic E-state index is 0.0414. The lowest BCUT2D eigenvalue weighted by Crippen LogP contribution is -2.20. The van der Waals surface area contributed by atoms with Gasteiger partial charge >= 0.3 is 0 Å². The lowest BCUT2D eigenvalue weighted by atomic mass is 10.0. The molecule has 1 aromatic heterocycles. The molecule has 144 valence electrons. The Morgan fingerprint density at radius 1 is 1.41 bits per heavy atom. The zero-order chi connectivity index (χ0) is 19.4. The van der Waals surface area contributed by atoms with Crippen LogP contribution in [0.2, 0.25) is 0 Å². The molecule has 1 heterocycles. The fourth-order valence-electron chi connectivity index (χ4n) is 3.12. The van der Waals surface area contributed by atoms with Crippen molar-refractivity contribution in [3.8, 4) is 17.2 Å². The smallest absolute Gasteiger partial charge is 0.263 e. The molecule has 0 bridgehead atoms. The molecule has 0 aliphatic heterocycles. The Hall–Kier alpha value is -3.07. The first-order valence-corrected chi connectivity index (χ1v) is 8.52. The number of nitrogens with one attached hydrogen (secondary N) is 2. The molecule has 1 amide bonds. The van der Waals surface area contributed by atoms with Crippen LogP contribution >= 0.6 is 0 Å². The molecular formula is C18H21N3O6. The molecule has 27 heavy (non-hydrogen) atoms. The van der Waals surface area contributed by atoms with E-state index in [0.29, 0.717) is 24.3 Å². The molecule has 1 fully saturated rings. The molecule has 0 radical (unpaired) electrons. The van der Waals surface area contributed by atoms with Crippen molar-refractivity contribution in [2.24, 2.45) is 0 Å². The summed E-state index contributed by atoms with van der Waals surface area (Å²) >= 11 is 0. The Kier molecular flexibility index (Phi) is 5.60. The van der Waals surface area contributed by atoms with Crippen LogP contribution in [0.5, 0.6) is 17.2 Å². The van der Waals surface area contributed by atoms with E-state index in [1.165, 1.54) is 19.2 Å². The molecule has 1 saturated carbocycles. The average molecular weight is 375 g/mol. The van der Waals surface area contributed by atoms with E-state index in [0.717, 1.165) is 18.5 Å². The highest BCUT2D eigenvalue weighted by Crippen LogP contribution is 2.34. The highest BCUT2D eigenvalue weighted by molar-refractivity contribution is 5.91. The van der Waals surface area contributed by atoms with Crippen molar-refractivity contribution in [3.63, 3.8) is 0 Å². The summed E-state index contributed by atoms with van der Waals surface area (Å²) in [5.74, 6) is 0.117. The van der Waals surface area contributed by atoms with Gasteiger partial charge < -0.3 is 25.0 Å². The number of phenolic OH excluding ortho intramolecular Hbond substituents is 1. The third-order valence-electron chi connectivity index (χ3n) is 4.52. The maximum absolute atomic E-state index is 12.1. The topological polar surface area (TPSA) is 134 Å². The minimum atomic E-state index is -0.473. The van der Waals surface area contributed by atoms with Crippen LogP contribution in [-0.2, 0) is 4.79 Å². The molecule has 1 aromatic carbocycles. The summed E-state index contributed by atoms with van der Waals surface area (Å²) in [6.07, 6.45) is 2.44.